The number of aromatic hydroxyl groups is 1. The summed E-state index contributed by atoms with van der Waals surface area (Å²) in [4.78, 5) is 0. The number of aliphatic hydroxyl groups is 3. The van der Waals surface area contributed by atoms with Crippen molar-refractivity contribution in [2.45, 2.75) is 56.8 Å². The van der Waals surface area contributed by atoms with E-state index in [1.807, 2.05) is 6.07 Å². The van der Waals surface area contributed by atoms with E-state index in [1.165, 1.54) is 0 Å². The predicted octanol–water partition coefficient (Wildman–Crippen LogP) is 2.07. The quantitative estimate of drug-likeness (QED) is 0.591. The summed E-state index contributed by atoms with van der Waals surface area (Å²) < 4.78 is 0. The SMILES string of the molecule is C[C@]12CC[C@@H]3c4ccc(O)cc4[C@@H](O)C[C@H]3[C@@H]1[C@@H](O)C[C@@H]2O. The first kappa shape index (κ1) is 14.5. The van der Waals surface area contributed by atoms with Crippen LogP contribution in [0.5, 0.6) is 5.75 Å². The molecule has 0 aliphatic heterocycles. The molecule has 4 heteroatoms. The lowest BCUT2D eigenvalue weighted by Gasteiger charge is -2.51. The third-order valence-corrected chi connectivity index (χ3v) is 6.70. The van der Waals surface area contributed by atoms with Crippen molar-refractivity contribution in [1.82, 2.24) is 0 Å². The summed E-state index contributed by atoms with van der Waals surface area (Å²) in [6, 6.07) is 5.27. The van der Waals surface area contributed by atoms with Crippen LogP contribution in [-0.4, -0.2) is 32.6 Å². The molecular formula is C18H24O4. The molecule has 3 aliphatic rings. The zero-order chi connectivity index (χ0) is 15.6. The molecule has 4 rings (SSSR count). The Balaban J connectivity index is 1.77. The van der Waals surface area contributed by atoms with E-state index in [1.54, 1.807) is 12.1 Å². The second kappa shape index (κ2) is 4.70. The van der Waals surface area contributed by atoms with Gasteiger partial charge in [0.25, 0.3) is 0 Å². The summed E-state index contributed by atoms with van der Waals surface area (Å²) in [5.41, 5.74) is 1.70. The molecule has 0 unspecified atom stereocenters. The Labute approximate surface area is 130 Å². The van der Waals surface area contributed by atoms with Gasteiger partial charge >= 0.3 is 0 Å². The van der Waals surface area contributed by atoms with E-state index in [4.69, 9.17) is 0 Å². The molecule has 120 valence electrons. The molecule has 22 heavy (non-hydrogen) atoms. The topological polar surface area (TPSA) is 80.9 Å². The molecule has 0 bridgehead atoms. The van der Waals surface area contributed by atoms with Gasteiger partial charge in [-0.15, -0.1) is 0 Å². The van der Waals surface area contributed by atoms with Crippen LogP contribution < -0.4 is 0 Å². The van der Waals surface area contributed by atoms with E-state index in [0.29, 0.717) is 18.8 Å². The van der Waals surface area contributed by atoms with Crippen molar-refractivity contribution in [2.75, 3.05) is 0 Å². The van der Waals surface area contributed by atoms with Gasteiger partial charge in [-0.2, -0.15) is 0 Å². The van der Waals surface area contributed by atoms with Crippen LogP contribution in [0.1, 0.15) is 55.8 Å². The summed E-state index contributed by atoms with van der Waals surface area (Å²) in [6.07, 6.45) is 1.37. The van der Waals surface area contributed by atoms with Crippen LogP contribution in [0.15, 0.2) is 18.2 Å². The molecule has 0 saturated heterocycles. The lowest BCUT2D eigenvalue weighted by Crippen LogP contribution is -2.46. The number of fused-ring (bicyclic) bond motifs is 5. The minimum Gasteiger partial charge on any atom is -0.508 e. The molecule has 7 atom stereocenters. The molecule has 0 spiro atoms. The monoisotopic (exact) mass is 304 g/mol. The molecule has 2 fully saturated rings. The van der Waals surface area contributed by atoms with E-state index >= 15 is 0 Å². The third-order valence-electron chi connectivity index (χ3n) is 6.70. The van der Waals surface area contributed by atoms with Gasteiger partial charge in [0.15, 0.2) is 0 Å². The van der Waals surface area contributed by atoms with Gasteiger partial charge in [-0.25, -0.2) is 0 Å². The van der Waals surface area contributed by atoms with Crippen molar-refractivity contribution < 1.29 is 20.4 Å². The van der Waals surface area contributed by atoms with Crippen molar-refractivity contribution >= 4 is 0 Å². The van der Waals surface area contributed by atoms with E-state index in [9.17, 15) is 20.4 Å². The normalized spacial score (nSPS) is 46.7. The van der Waals surface area contributed by atoms with Crippen LogP contribution in [0, 0.1) is 17.3 Å². The average Bonchev–Trinajstić information content (AvgIpc) is 2.69. The Morgan fingerprint density at radius 3 is 2.64 bits per heavy atom. The fraction of sp³-hybridized carbons (Fsp3) is 0.667. The maximum atomic E-state index is 10.5. The molecule has 2 saturated carbocycles. The molecule has 3 aliphatic carbocycles. The summed E-state index contributed by atoms with van der Waals surface area (Å²) >= 11 is 0. The Morgan fingerprint density at radius 2 is 1.86 bits per heavy atom. The Kier molecular flexibility index (Phi) is 3.09. The molecule has 1 aromatic rings. The molecule has 4 N–H and O–H groups in total. The van der Waals surface area contributed by atoms with Gasteiger partial charge in [-0.3, -0.25) is 0 Å². The van der Waals surface area contributed by atoms with Gasteiger partial charge in [0.05, 0.1) is 18.3 Å². The van der Waals surface area contributed by atoms with E-state index in [0.717, 1.165) is 24.0 Å². The molecule has 0 radical (unpaired) electrons. The summed E-state index contributed by atoms with van der Waals surface area (Å²) in [5.74, 6) is 0.723. The van der Waals surface area contributed by atoms with Crippen molar-refractivity contribution in [2.24, 2.45) is 17.3 Å². The van der Waals surface area contributed by atoms with Crippen molar-refractivity contribution in [3.63, 3.8) is 0 Å². The number of hydrogen-bond donors (Lipinski definition) is 4. The summed E-state index contributed by atoms with van der Waals surface area (Å²) in [5, 5.41) is 41.1. The highest BCUT2D eigenvalue weighted by Crippen LogP contribution is 2.62. The molecule has 0 amide bonds. The Bertz CT molecular complexity index is 601. The lowest BCUT2D eigenvalue weighted by atomic mass is 9.54. The molecule has 1 aromatic carbocycles. The second-order valence-corrected chi connectivity index (χ2v) is 7.72. The van der Waals surface area contributed by atoms with Gasteiger partial charge < -0.3 is 20.4 Å². The largest absolute Gasteiger partial charge is 0.508 e. The standard InChI is InChI=1S/C18H24O4/c1-18-5-4-11-10-3-2-9(19)6-12(10)14(20)7-13(11)17(18)15(21)8-16(18)22/h2-3,6,11,13-17,19-22H,4-5,7-8H2,1H3/t11-,13-,14+,15+,16+,17-,18-/m1/s1. The summed E-state index contributed by atoms with van der Waals surface area (Å²) in [7, 11) is 0. The minimum absolute atomic E-state index is 0.0397. The van der Waals surface area contributed by atoms with Gasteiger partial charge in [0.2, 0.25) is 0 Å². The maximum absolute atomic E-state index is 10.5. The minimum atomic E-state index is -0.601. The Morgan fingerprint density at radius 1 is 1.09 bits per heavy atom. The first-order valence-corrected chi connectivity index (χ1v) is 8.29. The van der Waals surface area contributed by atoms with Crippen LogP contribution in [0.2, 0.25) is 0 Å². The molecule has 4 nitrogen and oxygen atoms in total. The number of phenols is 1. The zero-order valence-corrected chi connectivity index (χ0v) is 12.8. The van der Waals surface area contributed by atoms with Crippen LogP contribution in [0.4, 0.5) is 0 Å². The smallest absolute Gasteiger partial charge is 0.115 e. The van der Waals surface area contributed by atoms with E-state index in [-0.39, 0.29) is 23.0 Å². The first-order chi connectivity index (χ1) is 10.4. The predicted molar refractivity (Wildman–Crippen MR) is 81.4 cm³/mol. The average molecular weight is 304 g/mol. The van der Waals surface area contributed by atoms with E-state index < -0.39 is 18.3 Å². The Hall–Kier alpha value is -1.10. The number of phenolic OH excluding ortho intramolecular Hbond substituents is 1. The van der Waals surface area contributed by atoms with Crippen LogP contribution in [0.25, 0.3) is 0 Å². The maximum Gasteiger partial charge on any atom is 0.115 e. The van der Waals surface area contributed by atoms with Crippen molar-refractivity contribution in [3.8, 4) is 5.75 Å². The number of benzene rings is 1. The van der Waals surface area contributed by atoms with E-state index in [2.05, 4.69) is 6.92 Å². The van der Waals surface area contributed by atoms with Gasteiger partial charge in [0, 0.05) is 6.42 Å². The van der Waals surface area contributed by atoms with Gasteiger partial charge in [0.1, 0.15) is 5.75 Å². The zero-order valence-electron chi connectivity index (χ0n) is 12.8. The number of rotatable bonds is 0. The molecule has 0 aromatic heterocycles. The van der Waals surface area contributed by atoms with Crippen LogP contribution in [0.3, 0.4) is 0 Å². The second-order valence-electron chi connectivity index (χ2n) is 7.72. The fourth-order valence-electron chi connectivity index (χ4n) is 5.61. The highest BCUT2D eigenvalue weighted by Gasteiger charge is 2.59. The first-order valence-electron chi connectivity index (χ1n) is 8.29. The van der Waals surface area contributed by atoms with Gasteiger partial charge in [-0.1, -0.05) is 13.0 Å². The van der Waals surface area contributed by atoms with Crippen molar-refractivity contribution in [1.29, 1.82) is 0 Å². The van der Waals surface area contributed by atoms with Gasteiger partial charge in [-0.05, 0) is 65.7 Å². The lowest BCUT2D eigenvalue weighted by molar-refractivity contribution is -0.0586. The number of hydrogen-bond acceptors (Lipinski definition) is 4. The van der Waals surface area contributed by atoms with Crippen LogP contribution >= 0.6 is 0 Å². The number of aliphatic hydroxyl groups excluding tert-OH is 3. The molecular weight excluding hydrogens is 280 g/mol. The van der Waals surface area contributed by atoms with Crippen molar-refractivity contribution in [3.05, 3.63) is 29.3 Å². The molecule has 0 heterocycles. The van der Waals surface area contributed by atoms with Crippen LogP contribution in [-0.2, 0) is 0 Å². The highest BCUT2D eigenvalue weighted by atomic mass is 16.3. The highest BCUT2D eigenvalue weighted by molar-refractivity contribution is 5.41. The fourth-order valence-corrected chi connectivity index (χ4v) is 5.61. The summed E-state index contributed by atoms with van der Waals surface area (Å²) in [6.45, 7) is 2.09. The third kappa shape index (κ3) is 1.81.